The summed E-state index contributed by atoms with van der Waals surface area (Å²) < 4.78 is 10.7. The van der Waals surface area contributed by atoms with Crippen molar-refractivity contribution in [1.82, 2.24) is 0 Å². The van der Waals surface area contributed by atoms with Crippen molar-refractivity contribution in [2.45, 2.75) is 39.2 Å². The van der Waals surface area contributed by atoms with E-state index in [1.807, 2.05) is 24.3 Å². The number of rotatable bonds is 6. The molecule has 1 aromatic heterocycles. The molecule has 0 fully saturated rings. The third-order valence-corrected chi connectivity index (χ3v) is 4.22. The highest BCUT2D eigenvalue weighted by molar-refractivity contribution is 9.10. The average molecular weight is 394 g/mol. The fraction of sp³-hybridized carbons (Fsp3) is 0.333. The summed E-state index contributed by atoms with van der Waals surface area (Å²) in [6.07, 6.45) is 0.0245. The number of carbonyl (C=O) groups is 2. The summed E-state index contributed by atoms with van der Waals surface area (Å²) in [5.41, 5.74) is 1.79. The fourth-order valence-corrected chi connectivity index (χ4v) is 2.50. The predicted octanol–water partition coefficient (Wildman–Crippen LogP) is 4.74. The van der Waals surface area contributed by atoms with Crippen molar-refractivity contribution < 1.29 is 18.7 Å². The number of halogens is 1. The van der Waals surface area contributed by atoms with Gasteiger partial charge in [0.25, 0.3) is 5.91 Å². The Kier molecular flexibility index (Phi) is 6.20. The summed E-state index contributed by atoms with van der Waals surface area (Å²) in [5.74, 6) is -0.704. The topological polar surface area (TPSA) is 68.5 Å². The first-order valence-corrected chi connectivity index (χ1v) is 8.57. The van der Waals surface area contributed by atoms with Crippen molar-refractivity contribution in [1.29, 1.82) is 0 Å². The SMILES string of the molecule is CC[C@@H](C)c1ccccc1NC(=O)[C@H](C)OC(=O)c1ccc(Br)o1. The Morgan fingerprint density at radius 2 is 1.92 bits per heavy atom. The Hall–Kier alpha value is -2.08. The Morgan fingerprint density at radius 3 is 2.54 bits per heavy atom. The zero-order valence-corrected chi connectivity index (χ0v) is 15.4. The minimum atomic E-state index is -0.939. The molecule has 1 heterocycles. The molecule has 6 heteroatoms. The molecular weight excluding hydrogens is 374 g/mol. The molecular formula is C18H20BrNO4. The van der Waals surface area contributed by atoms with E-state index in [-0.39, 0.29) is 11.7 Å². The lowest BCUT2D eigenvalue weighted by Gasteiger charge is -2.17. The summed E-state index contributed by atoms with van der Waals surface area (Å²) in [5, 5.41) is 2.83. The van der Waals surface area contributed by atoms with Crippen LogP contribution < -0.4 is 5.32 Å². The average Bonchev–Trinajstić information content (AvgIpc) is 3.01. The zero-order valence-electron chi connectivity index (χ0n) is 13.8. The van der Waals surface area contributed by atoms with Gasteiger partial charge in [-0.25, -0.2) is 4.79 Å². The number of furan rings is 1. The van der Waals surface area contributed by atoms with Gasteiger partial charge < -0.3 is 14.5 Å². The first-order chi connectivity index (χ1) is 11.4. The largest absolute Gasteiger partial charge is 0.447 e. The minimum Gasteiger partial charge on any atom is -0.447 e. The molecule has 0 bridgehead atoms. The highest BCUT2D eigenvalue weighted by atomic mass is 79.9. The lowest BCUT2D eigenvalue weighted by Crippen LogP contribution is -2.30. The molecule has 2 rings (SSSR count). The molecule has 1 aromatic carbocycles. The number of amides is 1. The van der Waals surface area contributed by atoms with Gasteiger partial charge >= 0.3 is 5.97 Å². The molecule has 0 radical (unpaired) electrons. The number of hydrogen-bond acceptors (Lipinski definition) is 4. The third kappa shape index (κ3) is 4.47. The Bertz CT molecular complexity index is 725. The van der Waals surface area contributed by atoms with E-state index in [1.165, 1.54) is 13.0 Å². The van der Waals surface area contributed by atoms with Gasteiger partial charge in [0.2, 0.25) is 5.76 Å². The number of para-hydroxylation sites is 1. The van der Waals surface area contributed by atoms with Crippen molar-refractivity contribution in [2.75, 3.05) is 5.32 Å². The first kappa shape index (κ1) is 18.3. The van der Waals surface area contributed by atoms with Gasteiger partial charge in [-0.15, -0.1) is 0 Å². The van der Waals surface area contributed by atoms with Crippen LogP contribution >= 0.6 is 15.9 Å². The quantitative estimate of drug-likeness (QED) is 0.719. The van der Waals surface area contributed by atoms with Crippen LogP contribution in [0.4, 0.5) is 5.69 Å². The lowest BCUT2D eigenvalue weighted by molar-refractivity contribution is -0.123. The van der Waals surface area contributed by atoms with E-state index in [0.29, 0.717) is 10.6 Å². The molecule has 2 atom stereocenters. The smallest absolute Gasteiger partial charge is 0.375 e. The number of nitrogens with one attached hydrogen (secondary N) is 1. The van der Waals surface area contributed by atoms with Crippen molar-refractivity contribution in [2.24, 2.45) is 0 Å². The van der Waals surface area contributed by atoms with E-state index >= 15 is 0 Å². The van der Waals surface area contributed by atoms with Crippen LogP contribution in [0, 0.1) is 0 Å². The second-order valence-electron chi connectivity index (χ2n) is 5.54. The molecule has 1 N–H and O–H groups in total. The van der Waals surface area contributed by atoms with Gasteiger partial charge in [-0.05, 0) is 59.0 Å². The number of hydrogen-bond donors (Lipinski definition) is 1. The van der Waals surface area contributed by atoms with Crippen LogP contribution in [-0.4, -0.2) is 18.0 Å². The maximum atomic E-state index is 12.3. The standard InChI is InChI=1S/C18H20BrNO4/c1-4-11(2)13-7-5-6-8-14(13)20-17(21)12(3)23-18(22)15-9-10-16(19)24-15/h5-12H,4H2,1-3H3,(H,20,21)/t11-,12+/m1/s1. The molecule has 0 aliphatic heterocycles. The maximum Gasteiger partial charge on any atom is 0.375 e. The molecule has 128 valence electrons. The Labute approximate surface area is 149 Å². The number of carbonyl (C=O) groups excluding carboxylic acids is 2. The van der Waals surface area contributed by atoms with Gasteiger partial charge in [0.05, 0.1) is 0 Å². The molecule has 0 unspecified atom stereocenters. The molecule has 0 saturated heterocycles. The molecule has 0 aliphatic carbocycles. The fourth-order valence-electron chi connectivity index (χ4n) is 2.19. The van der Waals surface area contributed by atoms with Gasteiger partial charge in [-0.1, -0.05) is 32.0 Å². The molecule has 0 spiro atoms. The molecule has 0 saturated carbocycles. The van der Waals surface area contributed by atoms with Gasteiger partial charge in [0, 0.05) is 5.69 Å². The van der Waals surface area contributed by atoms with Gasteiger partial charge in [-0.2, -0.15) is 0 Å². The number of anilines is 1. The monoisotopic (exact) mass is 393 g/mol. The van der Waals surface area contributed by atoms with Crippen LogP contribution in [0.1, 0.15) is 49.2 Å². The van der Waals surface area contributed by atoms with Crippen molar-refractivity contribution in [3.8, 4) is 0 Å². The Balaban J connectivity index is 2.03. The van der Waals surface area contributed by atoms with Gasteiger partial charge in [0.1, 0.15) is 0 Å². The van der Waals surface area contributed by atoms with Crippen LogP contribution in [0.5, 0.6) is 0 Å². The third-order valence-electron chi connectivity index (χ3n) is 3.79. The van der Waals surface area contributed by atoms with Crippen molar-refractivity contribution >= 4 is 33.5 Å². The molecule has 5 nitrogen and oxygen atoms in total. The van der Waals surface area contributed by atoms with Crippen molar-refractivity contribution in [3.05, 3.63) is 52.4 Å². The maximum absolute atomic E-state index is 12.3. The van der Waals surface area contributed by atoms with Crippen LogP contribution in [-0.2, 0) is 9.53 Å². The normalized spacial score (nSPS) is 13.2. The van der Waals surface area contributed by atoms with E-state index in [4.69, 9.17) is 9.15 Å². The van der Waals surface area contributed by atoms with Crippen molar-refractivity contribution in [3.63, 3.8) is 0 Å². The highest BCUT2D eigenvalue weighted by Crippen LogP contribution is 2.26. The molecule has 0 aliphatic rings. The van der Waals surface area contributed by atoms with Crippen LogP contribution in [0.25, 0.3) is 0 Å². The number of ether oxygens (including phenoxy) is 1. The number of benzene rings is 1. The van der Waals surface area contributed by atoms with Gasteiger partial charge in [0.15, 0.2) is 10.8 Å². The second-order valence-corrected chi connectivity index (χ2v) is 6.32. The lowest BCUT2D eigenvalue weighted by atomic mass is 9.97. The van der Waals surface area contributed by atoms with E-state index < -0.39 is 12.1 Å². The molecule has 1 amide bonds. The number of esters is 1. The minimum absolute atomic E-state index is 0.0431. The zero-order chi connectivity index (χ0) is 17.7. The highest BCUT2D eigenvalue weighted by Gasteiger charge is 2.22. The second kappa shape index (κ2) is 8.15. The predicted molar refractivity (Wildman–Crippen MR) is 95.1 cm³/mol. The van der Waals surface area contributed by atoms with Crippen LogP contribution in [0.15, 0.2) is 45.5 Å². The Morgan fingerprint density at radius 1 is 1.21 bits per heavy atom. The van der Waals surface area contributed by atoms with E-state index in [0.717, 1.165) is 17.7 Å². The first-order valence-electron chi connectivity index (χ1n) is 7.78. The van der Waals surface area contributed by atoms with Crippen LogP contribution in [0.2, 0.25) is 0 Å². The molecule has 2 aromatic rings. The van der Waals surface area contributed by atoms with E-state index in [1.54, 1.807) is 6.07 Å². The summed E-state index contributed by atoms with van der Waals surface area (Å²) in [6.45, 7) is 5.72. The summed E-state index contributed by atoms with van der Waals surface area (Å²) in [4.78, 5) is 24.2. The summed E-state index contributed by atoms with van der Waals surface area (Å²) in [7, 11) is 0. The van der Waals surface area contributed by atoms with Crippen LogP contribution in [0.3, 0.4) is 0 Å². The van der Waals surface area contributed by atoms with E-state index in [9.17, 15) is 9.59 Å². The summed E-state index contributed by atoms with van der Waals surface area (Å²) in [6, 6.07) is 10.7. The summed E-state index contributed by atoms with van der Waals surface area (Å²) >= 11 is 3.11. The van der Waals surface area contributed by atoms with E-state index in [2.05, 4.69) is 35.1 Å². The van der Waals surface area contributed by atoms with Gasteiger partial charge in [-0.3, -0.25) is 4.79 Å². The molecule has 24 heavy (non-hydrogen) atoms.